The zero-order chi connectivity index (χ0) is 29.5. The Morgan fingerprint density at radius 3 is 1.72 bits per heavy atom. The molecule has 0 saturated heterocycles. The molecular weight excluding hydrogens is 526 g/mol. The first-order valence-electron chi connectivity index (χ1n) is 14.9. The third-order valence-electron chi connectivity index (χ3n) is 8.28. The number of fused-ring (bicyclic) bond motifs is 1. The summed E-state index contributed by atoms with van der Waals surface area (Å²) in [6.45, 7) is 2.76. The Labute approximate surface area is 254 Å². The maximum absolute atomic E-state index is 13.2. The van der Waals surface area contributed by atoms with Gasteiger partial charge in [0, 0.05) is 43.2 Å². The van der Waals surface area contributed by atoms with Crippen molar-refractivity contribution in [2.24, 2.45) is 0 Å². The zero-order valence-corrected chi connectivity index (χ0v) is 24.5. The van der Waals surface area contributed by atoms with Gasteiger partial charge in [0.1, 0.15) is 0 Å². The van der Waals surface area contributed by atoms with E-state index in [0.29, 0.717) is 13.1 Å². The second kappa shape index (κ2) is 12.9. The second-order valence-electron chi connectivity index (χ2n) is 11.1. The molecule has 0 saturated carbocycles. The van der Waals surface area contributed by atoms with E-state index in [-0.39, 0.29) is 11.9 Å². The van der Waals surface area contributed by atoms with E-state index in [0.717, 1.165) is 34.2 Å². The number of rotatable bonds is 11. The molecule has 1 amide bonds. The molecule has 6 rings (SSSR count). The lowest BCUT2D eigenvalue weighted by Crippen LogP contribution is -2.54. The van der Waals surface area contributed by atoms with E-state index in [9.17, 15) is 4.79 Å². The van der Waals surface area contributed by atoms with Crippen LogP contribution in [-0.2, 0) is 23.3 Å². The van der Waals surface area contributed by atoms with Gasteiger partial charge in [0.05, 0.1) is 5.54 Å². The number of hydrogen-bond donors (Lipinski definition) is 2. The third kappa shape index (κ3) is 6.15. The summed E-state index contributed by atoms with van der Waals surface area (Å²) >= 11 is 0. The van der Waals surface area contributed by atoms with Gasteiger partial charge >= 0.3 is 0 Å². The fourth-order valence-electron chi connectivity index (χ4n) is 6.22. The Balaban J connectivity index is 1.49. The SMILES string of the molecule is CC(=O)N(Cc1ccccc1)CC(Cc1c[nH]c2ccccc12)NC(c1ccccc1)(c1ccccc1)c1ccccc1. The predicted octanol–water partition coefficient (Wildman–Crippen LogP) is 7.71. The summed E-state index contributed by atoms with van der Waals surface area (Å²) < 4.78 is 0. The van der Waals surface area contributed by atoms with Crippen molar-refractivity contribution in [3.05, 3.63) is 180 Å². The Hall–Kier alpha value is -4.93. The Morgan fingerprint density at radius 2 is 1.19 bits per heavy atom. The Kier molecular flexibility index (Phi) is 8.48. The van der Waals surface area contributed by atoms with Crippen LogP contribution in [0.2, 0.25) is 0 Å². The summed E-state index contributed by atoms with van der Waals surface area (Å²) in [5.41, 5.74) is 6.24. The molecule has 5 aromatic carbocycles. The lowest BCUT2D eigenvalue weighted by atomic mass is 9.76. The van der Waals surface area contributed by atoms with Gasteiger partial charge in [-0.25, -0.2) is 0 Å². The zero-order valence-electron chi connectivity index (χ0n) is 24.5. The van der Waals surface area contributed by atoms with Crippen molar-refractivity contribution in [3.8, 4) is 0 Å². The number of para-hydroxylation sites is 1. The number of benzene rings is 5. The van der Waals surface area contributed by atoms with Crippen molar-refractivity contribution < 1.29 is 4.79 Å². The lowest BCUT2D eigenvalue weighted by Gasteiger charge is -2.41. The standard InChI is InChI=1S/C39H37N3O/c1-30(43)42(28-31-16-6-2-7-17-31)29-36(26-32-27-40-38-25-15-14-24-37(32)38)41-39(33-18-8-3-9-19-33,34-20-10-4-11-21-34)35-22-12-5-13-23-35/h2-25,27,36,40-41H,26,28-29H2,1H3. The first kappa shape index (κ1) is 28.2. The molecular formula is C39H37N3O. The largest absolute Gasteiger partial charge is 0.361 e. The molecule has 1 heterocycles. The number of hydrogen-bond acceptors (Lipinski definition) is 2. The van der Waals surface area contributed by atoms with E-state index < -0.39 is 5.54 Å². The van der Waals surface area contributed by atoms with Gasteiger partial charge in [-0.2, -0.15) is 0 Å². The van der Waals surface area contributed by atoms with Crippen LogP contribution < -0.4 is 5.32 Å². The van der Waals surface area contributed by atoms with Crippen molar-refractivity contribution in [1.82, 2.24) is 15.2 Å². The van der Waals surface area contributed by atoms with E-state index in [1.807, 2.05) is 23.1 Å². The Bertz CT molecular complexity index is 1650. The summed E-state index contributed by atoms with van der Waals surface area (Å²) in [5, 5.41) is 5.39. The maximum Gasteiger partial charge on any atom is 0.219 e. The molecule has 0 aliphatic rings. The van der Waals surface area contributed by atoms with Gasteiger partial charge < -0.3 is 9.88 Å². The average molecular weight is 564 g/mol. The minimum Gasteiger partial charge on any atom is -0.361 e. The summed E-state index contributed by atoms with van der Waals surface area (Å²) in [5.74, 6) is 0.0549. The van der Waals surface area contributed by atoms with Crippen molar-refractivity contribution >= 4 is 16.8 Å². The van der Waals surface area contributed by atoms with Crippen LogP contribution in [0.15, 0.2) is 152 Å². The summed E-state index contributed by atoms with van der Waals surface area (Å²) in [6.07, 6.45) is 2.85. The van der Waals surface area contributed by atoms with Crippen LogP contribution in [0.25, 0.3) is 10.9 Å². The van der Waals surface area contributed by atoms with Crippen LogP contribution in [0.5, 0.6) is 0 Å². The molecule has 2 N–H and O–H groups in total. The van der Waals surface area contributed by atoms with E-state index in [1.54, 1.807) is 6.92 Å². The molecule has 0 spiro atoms. The molecule has 0 radical (unpaired) electrons. The number of aromatic nitrogens is 1. The van der Waals surface area contributed by atoms with Gasteiger partial charge in [0.25, 0.3) is 0 Å². The summed E-state index contributed by atoms with van der Waals surface area (Å²) in [4.78, 5) is 18.6. The minimum atomic E-state index is -0.657. The molecule has 6 aromatic rings. The first-order chi connectivity index (χ1) is 21.1. The van der Waals surface area contributed by atoms with E-state index in [2.05, 4.69) is 144 Å². The van der Waals surface area contributed by atoms with E-state index in [4.69, 9.17) is 0 Å². The molecule has 0 aliphatic carbocycles. The van der Waals surface area contributed by atoms with Gasteiger partial charge in [0.2, 0.25) is 5.91 Å². The Morgan fingerprint density at radius 1 is 0.698 bits per heavy atom. The van der Waals surface area contributed by atoms with Gasteiger partial charge in [-0.3, -0.25) is 10.1 Å². The first-order valence-corrected chi connectivity index (χ1v) is 14.9. The second-order valence-corrected chi connectivity index (χ2v) is 11.1. The molecule has 1 atom stereocenters. The number of aromatic amines is 1. The van der Waals surface area contributed by atoms with E-state index in [1.165, 1.54) is 10.9 Å². The topological polar surface area (TPSA) is 48.1 Å². The number of carbonyl (C=O) groups excluding carboxylic acids is 1. The van der Waals surface area contributed by atoms with Crippen LogP contribution >= 0.6 is 0 Å². The molecule has 4 nitrogen and oxygen atoms in total. The van der Waals surface area contributed by atoms with Crippen molar-refractivity contribution in [3.63, 3.8) is 0 Å². The monoisotopic (exact) mass is 563 g/mol. The highest BCUT2D eigenvalue weighted by Crippen LogP contribution is 2.38. The molecule has 4 heteroatoms. The quantitative estimate of drug-likeness (QED) is 0.159. The van der Waals surface area contributed by atoms with Crippen LogP contribution in [0.4, 0.5) is 0 Å². The summed E-state index contributed by atoms with van der Waals surface area (Å²) in [7, 11) is 0. The van der Waals surface area contributed by atoms with Crippen molar-refractivity contribution in [2.45, 2.75) is 31.5 Å². The molecule has 1 unspecified atom stereocenters. The molecule has 0 aliphatic heterocycles. The van der Waals surface area contributed by atoms with Crippen LogP contribution in [0, 0.1) is 0 Å². The van der Waals surface area contributed by atoms with Gasteiger partial charge in [-0.15, -0.1) is 0 Å². The van der Waals surface area contributed by atoms with Gasteiger partial charge in [-0.05, 0) is 40.3 Å². The van der Waals surface area contributed by atoms with E-state index >= 15 is 0 Å². The highest BCUT2D eigenvalue weighted by atomic mass is 16.2. The number of nitrogens with one attached hydrogen (secondary N) is 2. The molecule has 0 bridgehead atoms. The minimum absolute atomic E-state index is 0.0549. The third-order valence-corrected chi connectivity index (χ3v) is 8.28. The van der Waals surface area contributed by atoms with Crippen LogP contribution in [0.1, 0.15) is 34.7 Å². The fourth-order valence-corrected chi connectivity index (χ4v) is 6.22. The molecule has 214 valence electrons. The van der Waals surface area contributed by atoms with Crippen molar-refractivity contribution in [1.29, 1.82) is 0 Å². The normalized spacial score (nSPS) is 12.2. The number of carbonyl (C=O) groups is 1. The van der Waals surface area contributed by atoms with Gasteiger partial charge in [0.15, 0.2) is 0 Å². The molecule has 0 fully saturated rings. The number of amides is 1. The lowest BCUT2D eigenvalue weighted by molar-refractivity contribution is -0.129. The fraction of sp³-hybridized carbons (Fsp3) is 0.154. The van der Waals surface area contributed by atoms with Gasteiger partial charge in [-0.1, -0.05) is 140 Å². The molecule has 43 heavy (non-hydrogen) atoms. The van der Waals surface area contributed by atoms with Crippen LogP contribution in [0.3, 0.4) is 0 Å². The average Bonchev–Trinajstić information content (AvgIpc) is 3.47. The number of H-pyrrole nitrogens is 1. The smallest absolute Gasteiger partial charge is 0.219 e. The maximum atomic E-state index is 13.2. The highest BCUT2D eigenvalue weighted by Gasteiger charge is 2.38. The number of nitrogens with zero attached hydrogens (tertiary/aromatic N) is 1. The van der Waals surface area contributed by atoms with Crippen LogP contribution in [-0.4, -0.2) is 28.4 Å². The predicted molar refractivity (Wildman–Crippen MR) is 176 cm³/mol. The highest BCUT2D eigenvalue weighted by molar-refractivity contribution is 5.83. The molecule has 1 aromatic heterocycles. The summed E-state index contributed by atoms with van der Waals surface area (Å²) in [6, 6.07) is 50.5. The van der Waals surface area contributed by atoms with Crippen molar-refractivity contribution in [2.75, 3.05) is 6.54 Å².